The van der Waals surface area contributed by atoms with Crippen molar-refractivity contribution in [2.75, 3.05) is 0 Å². The highest BCUT2D eigenvalue weighted by Gasteiger charge is 2.19. The van der Waals surface area contributed by atoms with Gasteiger partial charge in [0.15, 0.2) is 0 Å². The number of rotatable bonds is 3. The van der Waals surface area contributed by atoms with Gasteiger partial charge in [0.25, 0.3) is 15.9 Å². The summed E-state index contributed by atoms with van der Waals surface area (Å²) in [5.41, 5.74) is 1.62. The van der Waals surface area contributed by atoms with E-state index in [2.05, 4.69) is 4.98 Å². The second-order valence-electron chi connectivity index (χ2n) is 5.14. The lowest BCUT2D eigenvalue weighted by molar-refractivity contribution is 0.0977. The number of amides is 1. The number of fused-ring (bicyclic) bond motifs is 1. The Bertz CT molecular complexity index is 980. The molecule has 1 heterocycles. The Morgan fingerprint density at radius 1 is 0.957 bits per heavy atom. The molecular weight excluding hydrogens is 312 g/mol. The van der Waals surface area contributed by atoms with E-state index < -0.39 is 15.9 Å². The van der Waals surface area contributed by atoms with Gasteiger partial charge in [-0.15, -0.1) is 0 Å². The number of pyridine rings is 1. The van der Waals surface area contributed by atoms with Crippen LogP contribution in [-0.4, -0.2) is 19.3 Å². The number of para-hydroxylation sites is 1. The normalized spacial score (nSPS) is 11.3. The highest BCUT2D eigenvalue weighted by Crippen LogP contribution is 2.13. The predicted octanol–water partition coefficient (Wildman–Crippen LogP) is 2.66. The smallest absolute Gasteiger partial charge is 0.266 e. The summed E-state index contributed by atoms with van der Waals surface area (Å²) in [6.45, 7) is 1.86. The highest BCUT2D eigenvalue weighted by atomic mass is 32.2. The molecule has 3 rings (SSSR count). The first-order valence-corrected chi connectivity index (χ1v) is 8.44. The van der Waals surface area contributed by atoms with E-state index in [0.717, 1.165) is 10.9 Å². The van der Waals surface area contributed by atoms with Crippen LogP contribution in [0, 0.1) is 6.92 Å². The number of nitrogens with zero attached hydrogens (tertiary/aromatic N) is 1. The van der Waals surface area contributed by atoms with Crippen LogP contribution in [0.4, 0.5) is 0 Å². The molecule has 116 valence electrons. The van der Waals surface area contributed by atoms with Gasteiger partial charge in [-0.3, -0.25) is 4.79 Å². The molecular formula is C17H14N2O3S. The molecule has 3 aromatic rings. The van der Waals surface area contributed by atoms with Crippen LogP contribution in [0.3, 0.4) is 0 Å². The van der Waals surface area contributed by atoms with Crippen molar-refractivity contribution in [2.45, 2.75) is 11.8 Å². The quantitative estimate of drug-likeness (QED) is 0.803. The molecule has 0 fully saturated rings. The van der Waals surface area contributed by atoms with Crippen LogP contribution in [0.1, 0.15) is 16.1 Å². The second-order valence-corrected chi connectivity index (χ2v) is 6.82. The van der Waals surface area contributed by atoms with Crippen LogP contribution in [0.25, 0.3) is 10.9 Å². The lowest BCUT2D eigenvalue weighted by Gasteiger charge is -2.07. The van der Waals surface area contributed by atoms with Crippen LogP contribution < -0.4 is 4.72 Å². The molecule has 0 spiro atoms. The summed E-state index contributed by atoms with van der Waals surface area (Å²) >= 11 is 0. The average molecular weight is 326 g/mol. The van der Waals surface area contributed by atoms with Crippen molar-refractivity contribution in [3.63, 3.8) is 0 Å². The Hall–Kier alpha value is -2.73. The number of hydrogen-bond acceptors (Lipinski definition) is 4. The SMILES string of the molecule is Cc1ccc(S(=O)(=O)NC(=O)c2ccc3ccccc3n2)cc1. The number of sulfonamides is 1. The van der Waals surface area contributed by atoms with Crippen molar-refractivity contribution in [1.29, 1.82) is 0 Å². The number of carbonyl (C=O) groups is 1. The first-order valence-electron chi connectivity index (χ1n) is 6.95. The molecule has 5 nitrogen and oxygen atoms in total. The summed E-state index contributed by atoms with van der Waals surface area (Å²) in [7, 11) is -3.92. The maximum atomic E-state index is 12.2. The third-order valence-electron chi connectivity index (χ3n) is 3.39. The summed E-state index contributed by atoms with van der Waals surface area (Å²) in [6.07, 6.45) is 0. The summed E-state index contributed by atoms with van der Waals surface area (Å²) in [6, 6.07) is 16.8. The Labute approximate surface area is 134 Å². The van der Waals surface area contributed by atoms with E-state index in [-0.39, 0.29) is 10.6 Å². The van der Waals surface area contributed by atoms with E-state index >= 15 is 0 Å². The topological polar surface area (TPSA) is 76.1 Å². The fraction of sp³-hybridized carbons (Fsp3) is 0.0588. The van der Waals surface area contributed by atoms with Crippen molar-refractivity contribution in [1.82, 2.24) is 9.71 Å². The molecule has 2 aromatic carbocycles. The van der Waals surface area contributed by atoms with Gasteiger partial charge in [-0.2, -0.15) is 0 Å². The zero-order valence-corrected chi connectivity index (χ0v) is 13.2. The molecule has 0 atom stereocenters. The van der Waals surface area contributed by atoms with Gasteiger partial charge >= 0.3 is 0 Å². The van der Waals surface area contributed by atoms with E-state index in [0.29, 0.717) is 5.52 Å². The molecule has 0 unspecified atom stereocenters. The molecule has 1 N–H and O–H groups in total. The summed E-state index contributed by atoms with van der Waals surface area (Å²) in [4.78, 5) is 16.4. The monoisotopic (exact) mass is 326 g/mol. The van der Waals surface area contributed by atoms with E-state index in [4.69, 9.17) is 0 Å². The fourth-order valence-corrected chi connectivity index (χ4v) is 3.10. The minimum absolute atomic E-state index is 0.0391. The van der Waals surface area contributed by atoms with Gasteiger partial charge in [0.2, 0.25) is 0 Å². The maximum Gasteiger partial charge on any atom is 0.283 e. The first-order chi connectivity index (χ1) is 11.0. The standard InChI is InChI=1S/C17H14N2O3S/c1-12-6-9-14(10-7-12)23(21,22)19-17(20)16-11-8-13-4-2-3-5-15(13)18-16/h2-11H,1H3,(H,19,20). The second kappa shape index (κ2) is 5.81. The Kier molecular flexibility index (Phi) is 3.83. The van der Waals surface area contributed by atoms with Gasteiger partial charge in [0.1, 0.15) is 5.69 Å². The van der Waals surface area contributed by atoms with Gasteiger partial charge in [-0.05, 0) is 31.2 Å². The molecule has 0 aliphatic carbocycles. The van der Waals surface area contributed by atoms with Gasteiger partial charge < -0.3 is 0 Å². The Morgan fingerprint density at radius 3 is 2.39 bits per heavy atom. The fourth-order valence-electron chi connectivity index (χ4n) is 2.14. The molecule has 1 amide bonds. The van der Waals surface area contributed by atoms with Gasteiger partial charge in [-0.1, -0.05) is 42.0 Å². The predicted molar refractivity (Wildman–Crippen MR) is 87.6 cm³/mol. The summed E-state index contributed by atoms with van der Waals surface area (Å²) in [5.74, 6) is -0.753. The molecule has 0 saturated heterocycles. The minimum atomic E-state index is -3.92. The minimum Gasteiger partial charge on any atom is -0.266 e. The van der Waals surface area contributed by atoms with Crippen molar-refractivity contribution >= 4 is 26.8 Å². The van der Waals surface area contributed by atoms with Crippen LogP contribution >= 0.6 is 0 Å². The third kappa shape index (κ3) is 3.22. The zero-order valence-electron chi connectivity index (χ0n) is 12.4. The van der Waals surface area contributed by atoms with Gasteiger partial charge in [-0.25, -0.2) is 18.1 Å². The molecule has 0 bridgehead atoms. The number of hydrogen-bond donors (Lipinski definition) is 1. The van der Waals surface area contributed by atoms with Crippen LogP contribution in [0.15, 0.2) is 65.6 Å². The Morgan fingerprint density at radius 2 is 1.65 bits per heavy atom. The molecule has 1 aromatic heterocycles. The Balaban J connectivity index is 1.88. The summed E-state index contributed by atoms with van der Waals surface area (Å²) in [5, 5.41) is 0.880. The van der Waals surface area contributed by atoms with Crippen LogP contribution in [0.5, 0.6) is 0 Å². The first kappa shape index (κ1) is 15.2. The number of carbonyl (C=O) groups excluding carboxylic acids is 1. The van der Waals surface area contributed by atoms with Crippen molar-refractivity contribution in [2.24, 2.45) is 0 Å². The largest absolute Gasteiger partial charge is 0.283 e. The average Bonchev–Trinajstić information content (AvgIpc) is 2.54. The van der Waals surface area contributed by atoms with E-state index in [1.54, 1.807) is 30.3 Å². The van der Waals surface area contributed by atoms with E-state index in [1.165, 1.54) is 18.2 Å². The third-order valence-corrected chi connectivity index (χ3v) is 4.74. The number of aryl methyl sites for hydroxylation is 1. The van der Waals surface area contributed by atoms with Crippen molar-refractivity contribution in [3.05, 3.63) is 71.9 Å². The van der Waals surface area contributed by atoms with Gasteiger partial charge in [0.05, 0.1) is 10.4 Å². The highest BCUT2D eigenvalue weighted by molar-refractivity contribution is 7.90. The van der Waals surface area contributed by atoms with Crippen molar-refractivity contribution in [3.8, 4) is 0 Å². The molecule has 0 radical (unpaired) electrons. The van der Waals surface area contributed by atoms with Gasteiger partial charge in [0, 0.05) is 5.39 Å². The number of nitrogens with one attached hydrogen (secondary N) is 1. The molecule has 0 aliphatic heterocycles. The maximum absolute atomic E-state index is 12.2. The summed E-state index contributed by atoms with van der Waals surface area (Å²) < 4.78 is 26.5. The van der Waals surface area contributed by atoms with Crippen molar-refractivity contribution < 1.29 is 13.2 Å². The zero-order chi connectivity index (χ0) is 16.4. The molecule has 0 saturated carbocycles. The number of aromatic nitrogens is 1. The number of benzene rings is 2. The lowest BCUT2D eigenvalue weighted by Crippen LogP contribution is -2.31. The van der Waals surface area contributed by atoms with Crippen LogP contribution in [-0.2, 0) is 10.0 Å². The molecule has 0 aliphatic rings. The molecule has 23 heavy (non-hydrogen) atoms. The van der Waals surface area contributed by atoms with E-state index in [1.807, 2.05) is 23.8 Å². The lowest BCUT2D eigenvalue weighted by atomic mass is 10.2. The van der Waals surface area contributed by atoms with Crippen LogP contribution in [0.2, 0.25) is 0 Å². The van der Waals surface area contributed by atoms with E-state index in [9.17, 15) is 13.2 Å². The molecule has 6 heteroatoms.